The second-order valence-corrected chi connectivity index (χ2v) is 4.81. The molecule has 1 heterocycles. The van der Waals surface area contributed by atoms with Gasteiger partial charge in [0.2, 0.25) is 0 Å². The van der Waals surface area contributed by atoms with E-state index in [9.17, 15) is 0 Å². The van der Waals surface area contributed by atoms with Crippen molar-refractivity contribution in [2.24, 2.45) is 0 Å². The zero-order chi connectivity index (χ0) is 10.5. The topological polar surface area (TPSA) is 24.5 Å². The molecule has 1 aliphatic carbocycles. The molecule has 3 nitrogen and oxygen atoms in total. The lowest BCUT2D eigenvalue weighted by Crippen LogP contribution is -2.44. The summed E-state index contributed by atoms with van der Waals surface area (Å²) in [6.45, 7) is 4.27. The molecule has 88 valence electrons. The zero-order valence-electron chi connectivity index (χ0n) is 9.87. The van der Waals surface area contributed by atoms with Gasteiger partial charge < -0.3 is 10.1 Å². The second-order valence-electron chi connectivity index (χ2n) is 4.81. The van der Waals surface area contributed by atoms with Crippen molar-refractivity contribution in [1.82, 2.24) is 10.2 Å². The third kappa shape index (κ3) is 3.16. The van der Waals surface area contributed by atoms with Gasteiger partial charge in [-0.15, -0.1) is 0 Å². The van der Waals surface area contributed by atoms with E-state index in [1.165, 1.54) is 38.6 Å². The molecule has 2 atom stereocenters. The predicted octanol–water partition coefficient (Wildman–Crippen LogP) is 1.24. The number of ether oxygens (including phenoxy) is 1. The third-order valence-electron chi connectivity index (χ3n) is 3.83. The van der Waals surface area contributed by atoms with Crippen LogP contribution in [-0.2, 0) is 4.74 Å². The summed E-state index contributed by atoms with van der Waals surface area (Å²) in [5.74, 6) is 0. The Morgan fingerprint density at radius 3 is 2.93 bits per heavy atom. The van der Waals surface area contributed by atoms with Crippen molar-refractivity contribution in [3.63, 3.8) is 0 Å². The Hall–Kier alpha value is -0.120. The molecule has 0 aromatic carbocycles. The van der Waals surface area contributed by atoms with Crippen molar-refractivity contribution in [2.75, 3.05) is 33.4 Å². The largest absolute Gasteiger partial charge is 0.380 e. The fourth-order valence-electron chi connectivity index (χ4n) is 2.89. The number of hydrogen-bond donors (Lipinski definition) is 1. The van der Waals surface area contributed by atoms with Crippen LogP contribution in [0, 0.1) is 0 Å². The standard InChI is InChI=1S/C12H24N2O/c1-13-11-4-2-5-12(10-11)14-6-3-8-15-9-7-14/h11-13H,2-10H2,1H3. The van der Waals surface area contributed by atoms with Crippen molar-refractivity contribution in [2.45, 2.75) is 44.2 Å². The van der Waals surface area contributed by atoms with Gasteiger partial charge in [-0.2, -0.15) is 0 Å². The molecule has 0 amide bonds. The van der Waals surface area contributed by atoms with Gasteiger partial charge in [-0.1, -0.05) is 6.42 Å². The van der Waals surface area contributed by atoms with Gasteiger partial charge in [0.15, 0.2) is 0 Å². The summed E-state index contributed by atoms with van der Waals surface area (Å²) in [6.07, 6.45) is 6.67. The van der Waals surface area contributed by atoms with Crippen LogP contribution in [0.1, 0.15) is 32.1 Å². The highest BCUT2D eigenvalue weighted by Gasteiger charge is 2.26. The van der Waals surface area contributed by atoms with E-state index in [2.05, 4.69) is 17.3 Å². The van der Waals surface area contributed by atoms with E-state index in [1.807, 2.05) is 0 Å². The zero-order valence-corrected chi connectivity index (χ0v) is 9.87. The van der Waals surface area contributed by atoms with Gasteiger partial charge in [0.1, 0.15) is 0 Å². The Morgan fingerprint density at radius 1 is 1.13 bits per heavy atom. The van der Waals surface area contributed by atoms with E-state index in [0.717, 1.165) is 31.8 Å². The van der Waals surface area contributed by atoms with E-state index in [-0.39, 0.29) is 0 Å². The summed E-state index contributed by atoms with van der Waals surface area (Å²) in [5.41, 5.74) is 0. The Balaban J connectivity index is 1.84. The summed E-state index contributed by atoms with van der Waals surface area (Å²) >= 11 is 0. The fourth-order valence-corrected chi connectivity index (χ4v) is 2.89. The van der Waals surface area contributed by atoms with Crippen molar-refractivity contribution < 1.29 is 4.74 Å². The minimum atomic E-state index is 0.743. The number of nitrogens with one attached hydrogen (secondary N) is 1. The molecule has 1 saturated carbocycles. The van der Waals surface area contributed by atoms with Crippen LogP contribution in [0.4, 0.5) is 0 Å². The molecule has 2 aliphatic rings. The molecule has 2 rings (SSSR count). The summed E-state index contributed by atoms with van der Waals surface area (Å²) < 4.78 is 5.51. The van der Waals surface area contributed by atoms with E-state index < -0.39 is 0 Å². The highest BCUT2D eigenvalue weighted by Crippen LogP contribution is 2.23. The second kappa shape index (κ2) is 5.83. The minimum absolute atomic E-state index is 0.743. The first-order valence-electron chi connectivity index (χ1n) is 6.39. The summed E-state index contributed by atoms with van der Waals surface area (Å²) in [6, 6.07) is 1.55. The lowest BCUT2D eigenvalue weighted by Gasteiger charge is -2.36. The van der Waals surface area contributed by atoms with Crippen LogP contribution in [-0.4, -0.2) is 50.3 Å². The van der Waals surface area contributed by atoms with Crippen LogP contribution in [0.5, 0.6) is 0 Å². The molecule has 0 radical (unpaired) electrons. The van der Waals surface area contributed by atoms with Crippen LogP contribution in [0.25, 0.3) is 0 Å². The van der Waals surface area contributed by atoms with Crippen molar-refractivity contribution in [3.8, 4) is 0 Å². The van der Waals surface area contributed by atoms with Gasteiger partial charge in [0.05, 0.1) is 6.61 Å². The summed E-state index contributed by atoms with van der Waals surface area (Å²) in [7, 11) is 2.10. The van der Waals surface area contributed by atoms with Crippen molar-refractivity contribution >= 4 is 0 Å². The first kappa shape index (κ1) is 11.4. The Kier molecular flexibility index (Phi) is 4.42. The monoisotopic (exact) mass is 212 g/mol. The van der Waals surface area contributed by atoms with E-state index in [0.29, 0.717) is 0 Å². The molecule has 1 N–H and O–H groups in total. The maximum atomic E-state index is 5.51. The highest BCUT2D eigenvalue weighted by atomic mass is 16.5. The van der Waals surface area contributed by atoms with E-state index in [4.69, 9.17) is 4.74 Å². The van der Waals surface area contributed by atoms with Crippen molar-refractivity contribution in [1.29, 1.82) is 0 Å². The van der Waals surface area contributed by atoms with Crippen LogP contribution in [0.2, 0.25) is 0 Å². The molecule has 1 saturated heterocycles. The minimum Gasteiger partial charge on any atom is -0.380 e. The first-order chi connectivity index (χ1) is 7.40. The van der Waals surface area contributed by atoms with Crippen LogP contribution in [0.3, 0.4) is 0 Å². The van der Waals surface area contributed by atoms with E-state index in [1.54, 1.807) is 0 Å². The average Bonchev–Trinajstić information content (AvgIpc) is 2.58. The first-order valence-corrected chi connectivity index (χ1v) is 6.39. The molecule has 0 aromatic rings. The van der Waals surface area contributed by atoms with E-state index >= 15 is 0 Å². The lowest BCUT2D eigenvalue weighted by molar-refractivity contribution is 0.115. The predicted molar refractivity (Wildman–Crippen MR) is 62.1 cm³/mol. The molecule has 3 heteroatoms. The van der Waals surface area contributed by atoms with Gasteiger partial charge >= 0.3 is 0 Å². The molecular weight excluding hydrogens is 188 g/mol. The average molecular weight is 212 g/mol. The molecular formula is C12H24N2O. The molecule has 15 heavy (non-hydrogen) atoms. The van der Waals surface area contributed by atoms with Gasteiger partial charge in [-0.05, 0) is 32.7 Å². The lowest BCUT2D eigenvalue weighted by atomic mass is 9.90. The normalized spacial score (nSPS) is 35.0. The van der Waals surface area contributed by atoms with Gasteiger partial charge in [0.25, 0.3) is 0 Å². The Bertz CT molecular complexity index is 178. The maximum absolute atomic E-state index is 5.51. The molecule has 0 bridgehead atoms. The van der Waals surface area contributed by atoms with Crippen LogP contribution in [0.15, 0.2) is 0 Å². The SMILES string of the molecule is CNC1CCCC(N2CCCOCC2)C1. The molecule has 2 unspecified atom stereocenters. The Morgan fingerprint density at radius 2 is 2.07 bits per heavy atom. The molecule has 1 aliphatic heterocycles. The summed E-state index contributed by atoms with van der Waals surface area (Å²) in [5, 5.41) is 3.43. The van der Waals surface area contributed by atoms with Crippen LogP contribution < -0.4 is 5.32 Å². The van der Waals surface area contributed by atoms with Crippen molar-refractivity contribution in [3.05, 3.63) is 0 Å². The number of hydrogen-bond acceptors (Lipinski definition) is 3. The Labute approximate surface area is 93.2 Å². The molecule has 2 fully saturated rings. The molecule has 0 spiro atoms. The number of nitrogens with zero attached hydrogens (tertiary/aromatic N) is 1. The summed E-state index contributed by atoms with van der Waals surface area (Å²) in [4.78, 5) is 2.65. The number of rotatable bonds is 2. The highest BCUT2D eigenvalue weighted by molar-refractivity contribution is 4.83. The maximum Gasteiger partial charge on any atom is 0.0593 e. The third-order valence-corrected chi connectivity index (χ3v) is 3.83. The molecule has 0 aromatic heterocycles. The van der Waals surface area contributed by atoms with Gasteiger partial charge in [-0.3, -0.25) is 4.90 Å². The quantitative estimate of drug-likeness (QED) is 0.745. The fraction of sp³-hybridized carbons (Fsp3) is 1.00. The van der Waals surface area contributed by atoms with Gasteiger partial charge in [0, 0.05) is 31.8 Å². The van der Waals surface area contributed by atoms with Crippen LogP contribution >= 0.6 is 0 Å². The smallest absolute Gasteiger partial charge is 0.0593 e. The van der Waals surface area contributed by atoms with Gasteiger partial charge in [-0.25, -0.2) is 0 Å².